The molecule has 0 heterocycles. The number of benzene rings is 1. The van der Waals surface area contributed by atoms with Crippen molar-refractivity contribution in [2.24, 2.45) is 0 Å². The molecule has 0 saturated heterocycles. The minimum absolute atomic E-state index is 0.147. The normalized spacial score (nSPS) is 11.5. The van der Waals surface area contributed by atoms with Crippen molar-refractivity contribution in [1.29, 1.82) is 0 Å². The van der Waals surface area contributed by atoms with E-state index in [-0.39, 0.29) is 5.56 Å². The predicted octanol–water partition coefficient (Wildman–Crippen LogP) is 3.69. The number of hydrogen-bond donors (Lipinski definition) is 0. The van der Waals surface area contributed by atoms with Crippen molar-refractivity contribution in [1.82, 2.24) is 0 Å². The predicted molar refractivity (Wildman–Crippen MR) is 54.3 cm³/mol. The zero-order valence-electron chi connectivity index (χ0n) is 6.53. The molecule has 0 spiro atoms. The van der Waals surface area contributed by atoms with Crippen molar-refractivity contribution in [3.05, 3.63) is 32.9 Å². The van der Waals surface area contributed by atoms with E-state index in [2.05, 4.69) is 0 Å². The van der Waals surface area contributed by atoms with Crippen LogP contribution in [0, 0.1) is 3.57 Å². The maximum absolute atomic E-state index is 12.3. The Balaban J connectivity index is 3.28. The summed E-state index contributed by atoms with van der Waals surface area (Å²) in [5.41, 5.74) is -1.01. The average molecular weight is 334 g/mol. The molecule has 1 aromatic rings. The third-order valence-electron chi connectivity index (χ3n) is 1.45. The topological polar surface area (TPSA) is 17.1 Å². The van der Waals surface area contributed by atoms with Gasteiger partial charge in [0.05, 0.1) is 5.56 Å². The summed E-state index contributed by atoms with van der Waals surface area (Å²) in [5.74, 6) is 0. The van der Waals surface area contributed by atoms with Crippen LogP contribution in [0.5, 0.6) is 0 Å². The van der Waals surface area contributed by atoms with Gasteiger partial charge in [0, 0.05) is 9.13 Å². The van der Waals surface area contributed by atoms with Crippen LogP contribution in [0.3, 0.4) is 0 Å². The number of rotatable bonds is 1. The average Bonchev–Trinajstić information content (AvgIpc) is 2.01. The Bertz CT molecular complexity index is 375. The summed E-state index contributed by atoms with van der Waals surface area (Å²) < 4.78 is 37.1. The van der Waals surface area contributed by atoms with Crippen molar-refractivity contribution in [2.75, 3.05) is 0 Å². The molecule has 14 heavy (non-hydrogen) atoms. The van der Waals surface area contributed by atoms with E-state index in [1.54, 1.807) is 22.6 Å². The highest BCUT2D eigenvalue weighted by molar-refractivity contribution is 14.1. The smallest absolute Gasteiger partial charge is 0.276 e. The molecule has 1 nitrogen and oxygen atoms in total. The molecule has 0 atom stereocenters. The Morgan fingerprint density at radius 2 is 1.86 bits per heavy atom. The van der Waals surface area contributed by atoms with Gasteiger partial charge in [0.15, 0.2) is 0 Å². The first-order chi connectivity index (χ1) is 6.30. The SMILES string of the molecule is O=C(Cl)c1cc(I)cc(C(F)(F)F)c1. The van der Waals surface area contributed by atoms with Crippen LogP contribution in [0.15, 0.2) is 18.2 Å². The van der Waals surface area contributed by atoms with Gasteiger partial charge in [-0.2, -0.15) is 13.2 Å². The molecule has 0 N–H and O–H groups in total. The zero-order chi connectivity index (χ0) is 10.9. The van der Waals surface area contributed by atoms with E-state index in [4.69, 9.17) is 11.6 Å². The largest absolute Gasteiger partial charge is 0.416 e. The molecule has 0 aliphatic carbocycles. The quantitative estimate of drug-likeness (QED) is 0.565. The van der Waals surface area contributed by atoms with Gasteiger partial charge in [0.25, 0.3) is 5.24 Å². The highest BCUT2D eigenvalue weighted by Gasteiger charge is 2.31. The van der Waals surface area contributed by atoms with Crippen molar-refractivity contribution in [3.8, 4) is 0 Å². The molecule has 0 bridgehead atoms. The molecule has 0 unspecified atom stereocenters. The maximum atomic E-state index is 12.3. The van der Waals surface area contributed by atoms with Crippen LogP contribution in [0.4, 0.5) is 13.2 Å². The summed E-state index contributed by atoms with van der Waals surface area (Å²) in [7, 11) is 0. The van der Waals surface area contributed by atoms with E-state index in [1.165, 1.54) is 6.07 Å². The van der Waals surface area contributed by atoms with E-state index in [0.717, 1.165) is 12.1 Å². The van der Waals surface area contributed by atoms with Crippen LogP contribution in [0.25, 0.3) is 0 Å². The summed E-state index contributed by atoms with van der Waals surface area (Å²) in [6.45, 7) is 0. The first-order valence-corrected chi connectivity index (χ1v) is 4.84. The third kappa shape index (κ3) is 2.84. The molecule has 0 aromatic heterocycles. The van der Waals surface area contributed by atoms with E-state index >= 15 is 0 Å². The van der Waals surface area contributed by atoms with Crippen LogP contribution < -0.4 is 0 Å². The number of carbonyl (C=O) groups excluding carboxylic acids is 1. The Morgan fingerprint density at radius 3 is 2.29 bits per heavy atom. The van der Waals surface area contributed by atoms with Gasteiger partial charge in [0.2, 0.25) is 0 Å². The van der Waals surface area contributed by atoms with Crippen molar-refractivity contribution >= 4 is 39.4 Å². The van der Waals surface area contributed by atoms with Crippen molar-refractivity contribution in [2.45, 2.75) is 6.18 Å². The van der Waals surface area contributed by atoms with Crippen molar-refractivity contribution in [3.63, 3.8) is 0 Å². The number of halogens is 5. The Kier molecular flexibility index (Phi) is 3.41. The van der Waals surface area contributed by atoms with Gasteiger partial charge in [-0.05, 0) is 52.4 Å². The summed E-state index contributed by atoms with van der Waals surface area (Å²) in [5, 5.41) is -0.894. The van der Waals surface area contributed by atoms with Gasteiger partial charge >= 0.3 is 6.18 Å². The fourth-order valence-corrected chi connectivity index (χ4v) is 1.65. The minimum Gasteiger partial charge on any atom is -0.276 e. The highest BCUT2D eigenvalue weighted by Crippen LogP contribution is 2.31. The summed E-state index contributed by atoms with van der Waals surface area (Å²) in [6, 6.07) is 2.98. The first-order valence-electron chi connectivity index (χ1n) is 3.38. The lowest BCUT2D eigenvalue weighted by atomic mass is 10.1. The fraction of sp³-hybridized carbons (Fsp3) is 0.125. The summed E-state index contributed by atoms with van der Waals surface area (Å²) in [4.78, 5) is 10.7. The molecule has 0 radical (unpaired) electrons. The van der Waals surface area contributed by atoms with E-state index in [1.807, 2.05) is 0 Å². The summed E-state index contributed by atoms with van der Waals surface area (Å²) >= 11 is 6.78. The van der Waals surface area contributed by atoms with Crippen LogP contribution in [0.1, 0.15) is 15.9 Å². The van der Waals surface area contributed by atoms with E-state index in [9.17, 15) is 18.0 Å². The number of hydrogen-bond acceptors (Lipinski definition) is 1. The van der Waals surface area contributed by atoms with Gasteiger partial charge in [-0.15, -0.1) is 0 Å². The Hall–Kier alpha value is -0.300. The minimum atomic E-state index is -4.46. The van der Waals surface area contributed by atoms with E-state index < -0.39 is 17.0 Å². The third-order valence-corrected chi connectivity index (χ3v) is 2.29. The zero-order valence-corrected chi connectivity index (χ0v) is 9.44. The molecule has 0 fully saturated rings. The Labute approximate surface area is 96.4 Å². The van der Waals surface area contributed by atoms with Gasteiger partial charge in [-0.1, -0.05) is 0 Å². The van der Waals surface area contributed by atoms with Crippen LogP contribution in [-0.4, -0.2) is 5.24 Å². The number of alkyl halides is 3. The maximum Gasteiger partial charge on any atom is 0.416 e. The first kappa shape index (κ1) is 11.8. The second-order valence-electron chi connectivity index (χ2n) is 2.50. The molecule has 0 saturated carbocycles. The molecule has 1 aromatic carbocycles. The van der Waals surface area contributed by atoms with Gasteiger partial charge in [0.1, 0.15) is 0 Å². The van der Waals surface area contributed by atoms with Crippen LogP contribution >= 0.6 is 34.2 Å². The fourth-order valence-electron chi connectivity index (χ4n) is 0.867. The van der Waals surface area contributed by atoms with Gasteiger partial charge in [-0.3, -0.25) is 4.79 Å². The molecular weight excluding hydrogens is 331 g/mol. The van der Waals surface area contributed by atoms with E-state index in [0.29, 0.717) is 3.57 Å². The monoisotopic (exact) mass is 334 g/mol. The van der Waals surface area contributed by atoms with Gasteiger partial charge in [-0.25, -0.2) is 0 Å². The van der Waals surface area contributed by atoms with Crippen LogP contribution in [0.2, 0.25) is 0 Å². The summed E-state index contributed by atoms with van der Waals surface area (Å²) in [6.07, 6.45) is -4.46. The molecule has 0 amide bonds. The Morgan fingerprint density at radius 1 is 1.29 bits per heavy atom. The lowest BCUT2D eigenvalue weighted by Crippen LogP contribution is -2.06. The molecule has 0 aliphatic rings. The standard InChI is InChI=1S/C8H3ClF3IO/c9-7(14)4-1-5(8(10,11)12)3-6(13)2-4/h1-3H. The molecule has 0 aliphatic heterocycles. The van der Waals surface area contributed by atoms with Crippen molar-refractivity contribution < 1.29 is 18.0 Å². The molecular formula is C8H3ClF3IO. The second kappa shape index (κ2) is 4.06. The second-order valence-corrected chi connectivity index (χ2v) is 4.09. The molecule has 6 heteroatoms. The highest BCUT2D eigenvalue weighted by atomic mass is 127. The lowest BCUT2D eigenvalue weighted by molar-refractivity contribution is -0.137. The van der Waals surface area contributed by atoms with Crippen LogP contribution in [-0.2, 0) is 6.18 Å². The molecule has 1 rings (SSSR count). The van der Waals surface area contributed by atoms with Gasteiger partial charge < -0.3 is 0 Å². The lowest BCUT2D eigenvalue weighted by Gasteiger charge is -2.07. The molecule has 76 valence electrons. The number of carbonyl (C=O) groups is 1.